The summed E-state index contributed by atoms with van der Waals surface area (Å²) in [5.41, 5.74) is 5.25. The smallest absolute Gasteiger partial charge is 0.231 e. The standard InChI is InChI=1S/C11H17BrN2OS/c1-8(2)5-14(7-11(13)15)6-10-9(12)3-4-16-10/h3-4,8H,5-7H2,1-2H3,(H2,13,15). The van der Waals surface area contributed by atoms with E-state index in [-0.39, 0.29) is 5.91 Å². The number of primary amides is 1. The van der Waals surface area contributed by atoms with Crippen molar-refractivity contribution in [3.8, 4) is 0 Å². The van der Waals surface area contributed by atoms with Crippen molar-refractivity contribution in [3.05, 3.63) is 20.8 Å². The van der Waals surface area contributed by atoms with Gasteiger partial charge in [0.25, 0.3) is 0 Å². The van der Waals surface area contributed by atoms with Crippen LogP contribution in [0.3, 0.4) is 0 Å². The highest BCUT2D eigenvalue weighted by atomic mass is 79.9. The molecule has 16 heavy (non-hydrogen) atoms. The summed E-state index contributed by atoms with van der Waals surface area (Å²) in [6, 6.07) is 2.03. The fourth-order valence-corrected chi connectivity index (χ4v) is 3.08. The molecule has 5 heteroatoms. The lowest BCUT2D eigenvalue weighted by molar-refractivity contribution is -0.119. The Morgan fingerprint density at radius 2 is 2.31 bits per heavy atom. The fourth-order valence-electron chi connectivity index (χ4n) is 1.56. The lowest BCUT2D eigenvalue weighted by Crippen LogP contribution is -2.35. The lowest BCUT2D eigenvalue weighted by atomic mass is 10.2. The molecule has 1 aromatic heterocycles. The molecule has 0 saturated heterocycles. The molecular weight excluding hydrogens is 288 g/mol. The van der Waals surface area contributed by atoms with Gasteiger partial charge in [-0.15, -0.1) is 11.3 Å². The molecule has 0 atom stereocenters. The van der Waals surface area contributed by atoms with Gasteiger partial charge >= 0.3 is 0 Å². The number of thiophene rings is 1. The second-order valence-corrected chi connectivity index (χ2v) is 6.08. The van der Waals surface area contributed by atoms with E-state index in [0.29, 0.717) is 12.5 Å². The molecule has 90 valence electrons. The van der Waals surface area contributed by atoms with Crippen LogP contribution in [0.4, 0.5) is 0 Å². The van der Waals surface area contributed by atoms with Crippen molar-refractivity contribution >= 4 is 33.2 Å². The van der Waals surface area contributed by atoms with Crippen LogP contribution < -0.4 is 5.73 Å². The molecule has 0 saturated carbocycles. The summed E-state index contributed by atoms with van der Waals surface area (Å²) in [4.78, 5) is 14.3. The summed E-state index contributed by atoms with van der Waals surface area (Å²) in [7, 11) is 0. The van der Waals surface area contributed by atoms with Crippen molar-refractivity contribution in [1.82, 2.24) is 4.90 Å². The van der Waals surface area contributed by atoms with E-state index in [0.717, 1.165) is 17.6 Å². The zero-order valence-corrected chi connectivity index (χ0v) is 12.0. The Balaban J connectivity index is 2.62. The zero-order chi connectivity index (χ0) is 12.1. The number of amides is 1. The third kappa shape index (κ3) is 4.63. The van der Waals surface area contributed by atoms with Gasteiger partial charge in [-0.2, -0.15) is 0 Å². The van der Waals surface area contributed by atoms with Crippen LogP contribution in [0, 0.1) is 5.92 Å². The minimum atomic E-state index is -0.270. The SMILES string of the molecule is CC(C)CN(CC(N)=O)Cc1sccc1Br. The first-order chi connectivity index (χ1) is 7.49. The highest BCUT2D eigenvalue weighted by Crippen LogP contribution is 2.24. The summed E-state index contributed by atoms with van der Waals surface area (Å²) in [6.07, 6.45) is 0. The van der Waals surface area contributed by atoms with Crippen LogP contribution in [0.25, 0.3) is 0 Å². The Morgan fingerprint density at radius 3 is 2.75 bits per heavy atom. The quantitative estimate of drug-likeness (QED) is 0.877. The second-order valence-electron chi connectivity index (χ2n) is 4.22. The largest absolute Gasteiger partial charge is 0.369 e. The average Bonchev–Trinajstić information content (AvgIpc) is 2.49. The van der Waals surface area contributed by atoms with Gasteiger partial charge in [-0.3, -0.25) is 9.69 Å². The summed E-state index contributed by atoms with van der Waals surface area (Å²) in [5.74, 6) is 0.256. The van der Waals surface area contributed by atoms with Crippen molar-refractivity contribution in [2.24, 2.45) is 11.7 Å². The molecule has 0 aromatic carbocycles. The number of nitrogens with zero attached hydrogens (tertiary/aromatic N) is 1. The van der Waals surface area contributed by atoms with Gasteiger partial charge in [0.15, 0.2) is 0 Å². The monoisotopic (exact) mass is 304 g/mol. The lowest BCUT2D eigenvalue weighted by Gasteiger charge is -2.22. The van der Waals surface area contributed by atoms with Gasteiger partial charge in [0, 0.05) is 22.4 Å². The Bertz CT molecular complexity index is 352. The summed E-state index contributed by atoms with van der Waals surface area (Å²) < 4.78 is 1.11. The number of rotatable bonds is 6. The molecular formula is C11H17BrN2OS. The van der Waals surface area contributed by atoms with E-state index < -0.39 is 0 Å². The predicted octanol–water partition coefficient (Wildman–Crippen LogP) is 2.45. The fraction of sp³-hybridized carbons (Fsp3) is 0.545. The van der Waals surface area contributed by atoms with Gasteiger partial charge in [0.05, 0.1) is 6.54 Å². The molecule has 3 nitrogen and oxygen atoms in total. The van der Waals surface area contributed by atoms with Gasteiger partial charge < -0.3 is 5.73 Å². The number of hydrogen-bond acceptors (Lipinski definition) is 3. The van der Waals surface area contributed by atoms with Gasteiger partial charge in [-0.1, -0.05) is 13.8 Å². The molecule has 0 spiro atoms. The van der Waals surface area contributed by atoms with Crippen LogP contribution in [0.5, 0.6) is 0 Å². The van der Waals surface area contributed by atoms with E-state index >= 15 is 0 Å². The number of carbonyl (C=O) groups is 1. The zero-order valence-electron chi connectivity index (χ0n) is 9.57. The molecule has 0 fully saturated rings. The van der Waals surface area contributed by atoms with Crippen molar-refractivity contribution in [2.45, 2.75) is 20.4 Å². The summed E-state index contributed by atoms with van der Waals surface area (Å²) in [5, 5.41) is 2.04. The molecule has 1 amide bonds. The highest BCUT2D eigenvalue weighted by Gasteiger charge is 2.13. The van der Waals surface area contributed by atoms with Gasteiger partial charge in [0.2, 0.25) is 5.91 Å². The Kier molecular flexibility index (Phi) is 5.44. The van der Waals surface area contributed by atoms with Crippen LogP contribution in [-0.4, -0.2) is 23.9 Å². The molecule has 1 aromatic rings. The maximum absolute atomic E-state index is 11.0. The molecule has 0 unspecified atom stereocenters. The van der Waals surface area contributed by atoms with Crippen LogP contribution in [0.2, 0.25) is 0 Å². The summed E-state index contributed by atoms with van der Waals surface area (Å²) in [6.45, 7) is 6.25. The number of nitrogens with two attached hydrogens (primary N) is 1. The van der Waals surface area contributed by atoms with E-state index in [2.05, 4.69) is 34.7 Å². The maximum Gasteiger partial charge on any atom is 0.231 e. The van der Waals surface area contributed by atoms with Crippen molar-refractivity contribution in [3.63, 3.8) is 0 Å². The molecule has 0 aliphatic carbocycles. The minimum absolute atomic E-state index is 0.270. The molecule has 1 rings (SSSR count). The van der Waals surface area contributed by atoms with Gasteiger partial charge in [-0.25, -0.2) is 0 Å². The molecule has 0 aliphatic rings. The normalized spacial score (nSPS) is 11.3. The second kappa shape index (κ2) is 6.37. The predicted molar refractivity (Wildman–Crippen MR) is 71.3 cm³/mol. The molecule has 2 N–H and O–H groups in total. The van der Waals surface area contributed by atoms with E-state index in [1.165, 1.54) is 4.88 Å². The van der Waals surface area contributed by atoms with E-state index in [9.17, 15) is 4.79 Å². The number of halogens is 1. The summed E-state index contributed by atoms with van der Waals surface area (Å²) >= 11 is 5.19. The third-order valence-corrected chi connectivity index (χ3v) is 3.97. The van der Waals surface area contributed by atoms with E-state index in [4.69, 9.17) is 5.73 Å². The Hall–Kier alpha value is -0.390. The first-order valence-electron chi connectivity index (χ1n) is 5.21. The minimum Gasteiger partial charge on any atom is -0.369 e. The van der Waals surface area contributed by atoms with Gasteiger partial charge in [0.1, 0.15) is 0 Å². The maximum atomic E-state index is 11.0. The van der Waals surface area contributed by atoms with Crippen LogP contribution >= 0.6 is 27.3 Å². The number of hydrogen-bond donors (Lipinski definition) is 1. The molecule has 0 aliphatic heterocycles. The van der Waals surface area contributed by atoms with Crippen molar-refractivity contribution < 1.29 is 4.79 Å². The van der Waals surface area contributed by atoms with Crippen molar-refractivity contribution in [1.29, 1.82) is 0 Å². The Morgan fingerprint density at radius 1 is 1.62 bits per heavy atom. The third-order valence-electron chi connectivity index (χ3n) is 2.06. The molecule has 0 radical (unpaired) electrons. The van der Waals surface area contributed by atoms with E-state index in [1.54, 1.807) is 11.3 Å². The molecule has 0 bridgehead atoms. The van der Waals surface area contributed by atoms with Crippen LogP contribution in [-0.2, 0) is 11.3 Å². The topological polar surface area (TPSA) is 46.3 Å². The van der Waals surface area contributed by atoms with Crippen molar-refractivity contribution in [2.75, 3.05) is 13.1 Å². The first-order valence-corrected chi connectivity index (χ1v) is 6.89. The highest BCUT2D eigenvalue weighted by molar-refractivity contribution is 9.10. The Labute approximate surface area is 109 Å². The van der Waals surface area contributed by atoms with E-state index in [1.807, 2.05) is 11.4 Å². The van der Waals surface area contributed by atoms with Crippen LogP contribution in [0.15, 0.2) is 15.9 Å². The van der Waals surface area contributed by atoms with Crippen LogP contribution in [0.1, 0.15) is 18.7 Å². The number of carbonyl (C=O) groups excluding carboxylic acids is 1. The van der Waals surface area contributed by atoms with Gasteiger partial charge in [-0.05, 0) is 33.3 Å². The first kappa shape index (κ1) is 13.7. The average molecular weight is 305 g/mol. The molecule has 1 heterocycles.